The summed E-state index contributed by atoms with van der Waals surface area (Å²) < 4.78 is 5.66. The number of halogens is 1. The number of nitrogens with zero attached hydrogens (tertiary/aromatic N) is 2. The molecule has 0 aliphatic rings. The van der Waals surface area contributed by atoms with E-state index in [1.807, 2.05) is 36.4 Å². The predicted octanol–water partition coefficient (Wildman–Crippen LogP) is 2.98. The number of aromatic nitrogens is 1. The van der Waals surface area contributed by atoms with Crippen molar-refractivity contribution < 1.29 is 4.52 Å². The van der Waals surface area contributed by atoms with Gasteiger partial charge in [0.25, 0.3) is 0 Å². The van der Waals surface area contributed by atoms with E-state index in [1.54, 1.807) is 0 Å². The van der Waals surface area contributed by atoms with Gasteiger partial charge in [-0.2, -0.15) is 5.26 Å². The van der Waals surface area contributed by atoms with Gasteiger partial charge in [0.2, 0.25) is 0 Å². The molecule has 0 aliphatic carbocycles. The van der Waals surface area contributed by atoms with Crippen molar-refractivity contribution in [3.05, 3.63) is 40.5 Å². The maximum absolute atomic E-state index is 8.68. The molecule has 0 atom stereocenters. The summed E-state index contributed by atoms with van der Waals surface area (Å²) in [4.78, 5) is 0. The van der Waals surface area contributed by atoms with Crippen molar-refractivity contribution in [2.24, 2.45) is 0 Å². The first kappa shape index (κ1) is 8.97. The molecule has 0 unspecified atom stereocenters. The average Bonchev–Trinajstić information content (AvgIpc) is 2.61. The third-order valence-electron chi connectivity index (χ3n) is 1.78. The summed E-state index contributed by atoms with van der Waals surface area (Å²) in [6.45, 7) is 0. The Morgan fingerprint density at radius 3 is 2.57 bits per heavy atom. The highest BCUT2D eigenvalue weighted by atomic mass is 79.9. The molecule has 2 rings (SSSR count). The Morgan fingerprint density at radius 2 is 2.00 bits per heavy atom. The minimum atomic E-state index is 0.267. The zero-order valence-electron chi connectivity index (χ0n) is 7.07. The van der Waals surface area contributed by atoms with Crippen LogP contribution in [0.3, 0.4) is 0 Å². The number of nitriles is 1. The summed E-state index contributed by atoms with van der Waals surface area (Å²) in [5.41, 5.74) is 1.16. The second kappa shape index (κ2) is 3.64. The van der Waals surface area contributed by atoms with E-state index >= 15 is 0 Å². The van der Waals surface area contributed by atoms with Crippen LogP contribution in [0.15, 0.2) is 39.3 Å². The highest BCUT2D eigenvalue weighted by Gasteiger charge is 2.13. The molecule has 1 aromatic heterocycles. The third-order valence-corrected chi connectivity index (χ3v) is 2.51. The molecule has 1 aromatic carbocycles. The fraction of sp³-hybridized carbons (Fsp3) is 0. The molecular weight excluding hydrogens is 244 g/mol. The molecule has 3 nitrogen and oxygen atoms in total. The van der Waals surface area contributed by atoms with E-state index in [9.17, 15) is 0 Å². The van der Waals surface area contributed by atoms with Gasteiger partial charge in [-0.15, -0.1) is 0 Å². The van der Waals surface area contributed by atoms with E-state index in [0.29, 0.717) is 10.2 Å². The van der Waals surface area contributed by atoms with Gasteiger partial charge in [-0.05, 0) is 15.9 Å². The first-order chi connectivity index (χ1) is 6.83. The fourth-order valence-corrected chi connectivity index (χ4v) is 1.58. The molecule has 68 valence electrons. The number of hydrogen-bond acceptors (Lipinski definition) is 3. The van der Waals surface area contributed by atoms with Gasteiger partial charge < -0.3 is 4.52 Å². The molecule has 0 fully saturated rings. The van der Waals surface area contributed by atoms with Gasteiger partial charge in [-0.3, -0.25) is 0 Å². The van der Waals surface area contributed by atoms with Crippen LogP contribution in [-0.4, -0.2) is 5.16 Å². The Morgan fingerprint density at radius 1 is 1.29 bits per heavy atom. The monoisotopic (exact) mass is 248 g/mol. The SMILES string of the molecule is N#Cc1noc(-c2ccccc2)c1Br. The zero-order valence-corrected chi connectivity index (χ0v) is 8.65. The molecular formula is C10H5BrN2O. The van der Waals surface area contributed by atoms with Crippen LogP contribution in [-0.2, 0) is 0 Å². The van der Waals surface area contributed by atoms with Crippen molar-refractivity contribution in [1.82, 2.24) is 5.16 Å². The topological polar surface area (TPSA) is 49.8 Å². The van der Waals surface area contributed by atoms with Crippen molar-refractivity contribution >= 4 is 15.9 Å². The third kappa shape index (κ3) is 1.42. The quantitative estimate of drug-likeness (QED) is 0.780. The average molecular weight is 249 g/mol. The van der Waals surface area contributed by atoms with Crippen molar-refractivity contribution in [2.45, 2.75) is 0 Å². The van der Waals surface area contributed by atoms with Gasteiger partial charge in [0, 0.05) is 5.56 Å². The van der Waals surface area contributed by atoms with Gasteiger partial charge >= 0.3 is 0 Å². The summed E-state index contributed by atoms with van der Waals surface area (Å²) >= 11 is 3.27. The van der Waals surface area contributed by atoms with E-state index in [0.717, 1.165) is 5.56 Å². The molecule has 0 saturated carbocycles. The van der Waals surface area contributed by atoms with Crippen LogP contribution in [0.4, 0.5) is 0 Å². The molecule has 14 heavy (non-hydrogen) atoms. The maximum Gasteiger partial charge on any atom is 0.198 e. The molecule has 1 heterocycles. The van der Waals surface area contributed by atoms with Crippen LogP contribution in [0, 0.1) is 11.3 Å². The first-order valence-electron chi connectivity index (χ1n) is 3.93. The summed E-state index contributed by atoms with van der Waals surface area (Å²) in [6, 6.07) is 11.4. The van der Waals surface area contributed by atoms with Crippen LogP contribution in [0.25, 0.3) is 11.3 Å². The fourth-order valence-electron chi connectivity index (χ4n) is 1.12. The summed E-state index contributed by atoms with van der Waals surface area (Å²) in [6.07, 6.45) is 0. The Hall–Kier alpha value is -1.60. The van der Waals surface area contributed by atoms with Crippen LogP contribution in [0.1, 0.15) is 5.69 Å². The van der Waals surface area contributed by atoms with Gasteiger partial charge in [0.15, 0.2) is 11.5 Å². The second-order valence-electron chi connectivity index (χ2n) is 2.65. The van der Waals surface area contributed by atoms with Gasteiger partial charge in [-0.25, -0.2) is 0 Å². The Labute approximate surface area is 89.1 Å². The minimum absolute atomic E-state index is 0.267. The zero-order chi connectivity index (χ0) is 9.97. The van der Waals surface area contributed by atoms with Crippen LogP contribution in [0.5, 0.6) is 0 Å². The Kier molecular flexibility index (Phi) is 2.33. The Bertz CT molecular complexity index is 485. The smallest absolute Gasteiger partial charge is 0.198 e. The lowest BCUT2D eigenvalue weighted by Gasteiger charge is -1.93. The molecule has 0 amide bonds. The minimum Gasteiger partial charge on any atom is -0.354 e. The highest BCUT2D eigenvalue weighted by Crippen LogP contribution is 2.30. The van der Waals surface area contributed by atoms with Crippen LogP contribution in [0.2, 0.25) is 0 Å². The number of hydrogen-bond donors (Lipinski definition) is 0. The number of rotatable bonds is 1. The van der Waals surface area contributed by atoms with E-state index < -0.39 is 0 Å². The van der Waals surface area contributed by atoms with Gasteiger partial charge in [-0.1, -0.05) is 35.5 Å². The number of benzene rings is 1. The first-order valence-corrected chi connectivity index (χ1v) is 4.73. The van der Waals surface area contributed by atoms with Crippen LogP contribution >= 0.6 is 15.9 Å². The molecule has 0 spiro atoms. The lowest BCUT2D eigenvalue weighted by atomic mass is 10.2. The molecule has 2 aromatic rings. The van der Waals surface area contributed by atoms with Crippen molar-refractivity contribution in [1.29, 1.82) is 5.26 Å². The van der Waals surface area contributed by atoms with Gasteiger partial charge in [0.1, 0.15) is 10.5 Å². The van der Waals surface area contributed by atoms with Crippen molar-refractivity contribution in [2.75, 3.05) is 0 Å². The van der Waals surface area contributed by atoms with E-state index in [4.69, 9.17) is 9.78 Å². The molecule has 0 saturated heterocycles. The van der Waals surface area contributed by atoms with Crippen molar-refractivity contribution in [3.63, 3.8) is 0 Å². The molecule has 0 radical (unpaired) electrons. The maximum atomic E-state index is 8.68. The summed E-state index contributed by atoms with van der Waals surface area (Å²) in [5.74, 6) is 0.585. The standard InChI is InChI=1S/C10H5BrN2O/c11-9-8(6-12)13-14-10(9)7-4-2-1-3-5-7/h1-5H. The molecule has 0 N–H and O–H groups in total. The molecule has 0 aliphatic heterocycles. The van der Waals surface area contributed by atoms with Gasteiger partial charge in [0.05, 0.1) is 0 Å². The van der Waals surface area contributed by atoms with E-state index in [1.165, 1.54) is 0 Å². The van der Waals surface area contributed by atoms with E-state index in [2.05, 4.69) is 21.1 Å². The highest BCUT2D eigenvalue weighted by molar-refractivity contribution is 9.10. The Balaban J connectivity index is 2.54. The normalized spacial score (nSPS) is 9.71. The molecule has 4 heteroatoms. The largest absolute Gasteiger partial charge is 0.354 e. The molecule has 0 bridgehead atoms. The lowest BCUT2D eigenvalue weighted by molar-refractivity contribution is 0.430. The second-order valence-corrected chi connectivity index (χ2v) is 3.45. The van der Waals surface area contributed by atoms with Crippen LogP contribution < -0.4 is 0 Å². The lowest BCUT2D eigenvalue weighted by Crippen LogP contribution is -1.74. The summed E-state index contributed by atoms with van der Waals surface area (Å²) in [7, 11) is 0. The van der Waals surface area contributed by atoms with E-state index in [-0.39, 0.29) is 5.69 Å². The summed E-state index contributed by atoms with van der Waals surface area (Å²) in [5, 5.41) is 12.3. The van der Waals surface area contributed by atoms with Crippen molar-refractivity contribution in [3.8, 4) is 17.4 Å². The predicted molar refractivity (Wildman–Crippen MR) is 54.4 cm³/mol.